The average Bonchev–Trinajstić information content (AvgIpc) is 2.81. The Morgan fingerprint density at radius 3 is 3.24 bits per heavy atom. The molecule has 2 saturated heterocycles. The van der Waals surface area contributed by atoms with Gasteiger partial charge < -0.3 is 10.6 Å². The predicted molar refractivity (Wildman–Crippen MR) is 68.8 cm³/mol. The van der Waals surface area contributed by atoms with E-state index < -0.39 is 0 Å². The van der Waals surface area contributed by atoms with Crippen molar-refractivity contribution in [3.63, 3.8) is 0 Å². The molecule has 2 aliphatic rings. The summed E-state index contributed by atoms with van der Waals surface area (Å²) in [6, 6.07) is 0.672. The maximum atomic E-state index is 11.9. The summed E-state index contributed by atoms with van der Waals surface area (Å²) in [5.74, 6) is 0.854. The number of hydrogen-bond donors (Lipinski definition) is 2. The van der Waals surface area contributed by atoms with Gasteiger partial charge in [-0.15, -0.1) is 6.58 Å². The number of carbonyl (C=O) groups excluding carboxylic acids is 1. The summed E-state index contributed by atoms with van der Waals surface area (Å²) < 4.78 is 0. The quantitative estimate of drug-likeness (QED) is 0.694. The topological polar surface area (TPSA) is 44.4 Å². The molecule has 2 aliphatic heterocycles. The number of nitrogens with one attached hydrogen (secondary N) is 2. The normalized spacial score (nSPS) is 30.6. The molecule has 0 aromatic carbocycles. The summed E-state index contributed by atoms with van der Waals surface area (Å²) >= 11 is 0. The molecule has 0 bridgehead atoms. The van der Waals surface area contributed by atoms with Crippen molar-refractivity contribution in [3.8, 4) is 0 Å². The van der Waals surface area contributed by atoms with Crippen LogP contribution >= 0.6 is 0 Å². The Hall–Kier alpha value is -0.870. The third kappa shape index (κ3) is 2.87. The van der Waals surface area contributed by atoms with E-state index in [0.717, 1.165) is 25.6 Å². The lowest BCUT2D eigenvalue weighted by atomic mass is 9.92. The highest BCUT2D eigenvalue weighted by Crippen LogP contribution is 2.25. The highest BCUT2D eigenvalue weighted by molar-refractivity contribution is 5.81. The van der Waals surface area contributed by atoms with Gasteiger partial charge in [-0.1, -0.05) is 6.08 Å². The summed E-state index contributed by atoms with van der Waals surface area (Å²) in [5, 5.41) is 6.42. The standard InChI is InChI=1S/C13H23N3O/c1-3-6-15-13(17)10(2)16-8-5-12-11(9-16)4-7-14-12/h3,10-12,14H,1,4-9H2,2H3,(H,15,17). The van der Waals surface area contributed by atoms with Crippen LogP contribution in [0.1, 0.15) is 19.8 Å². The lowest BCUT2D eigenvalue weighted by Crippen LogP contribution is -2.52. The molecule has 2 heterocycles. The number of nitrogens with zero attached hydrogens (tertiary/aromatic N) is 1. The second kappa shape index (κ2) is 5.65. The summed E-state index contributed by atoms with van der Waals surface area (Å²) in [6.07, 6.45) is 4.14. The van der Waals surface area contributed by atoms with Crippen molar-refractivity contribution in [2.24, 2.45) is 5.92 Å². The Bertz CT molecular complexity index is 292. The Kier molecular flexibility index (Phi) is 4.18. The van der Waals surface area contributed by atoms with Gasteiger partial charge in [0, 0.05) is 25.7 Å². The zero-order valence-corrected chi connectivity index (χ0v) is 10.6. The van der Waals surface area contributed by atoms with Crippen LogP contribution in [0.15, 0.2) is 12.7 Å². The molecule has 0 radical (unpaired) electrons. The molecule has 2 rings (SSSR count). The Morgan fingerprint density at radius 2 is 2.47 bits per heavy atom. The number of carbonyl (C=O) groups is 1. The third-order valence-electron chi connectivity index (χ3n) is 4.03. The molecule has 0 aromatic heterocycles. The third-order valence-corrected chi connectivity index (χ3v) is 4.03. The minimum absolute atomic E-state index is 0.0171. The fraction of sp³-hybridized carbons (Fsp3) is 0.769. The highest BCUT2D eigenvalue weighted by atomic mass is 16.2. The maximum Gasteiger partial charge on any atom is 0.237 e. The van der Waals surface area contributed by atoms with E-state index in [2.05, 4.69) is 22.1 Å². The monoisotopic (exact) mass is 237 g/mol. The van der Waals surface area contributed by atoms with E-state index in [0.29, 0.717) is 12.6 Å². The van der Waals surface area contributed by atoms with Crippen LogP contribution in [-0.2, 0) is 4.79 Å². The fourth-order valence-electron chi connectivity index (χ4n) is 2.91. The lowest BCUT2D eigenvalue weighted by molar-refractivity contribution is -0.126. The molecule has 4 heteroatoms. The van der Waals surface area contributed by atoms with Crippen LogP contribution < -0.4 is 10.6 Å². The molecule has 2 N–H and O–H groups in total. The van der Waals surface area contributed by atoms with Crippen molar-refractivity contribution >= 4 is 5.91 Å². The summed E-state index contributed by atoms with van der Waals surface area (Å²) in [6.45, 7) is 9.39. The van der Waals surface area contributed by atoms with Gasteiger partial charge in [-0.25, -0.2) is 0 Å². The predicted octanol–water partition coefficient (Wildman–Crippen LogP) is 0.361. The van der Waals surface area contributed by atoms with E-state index in [1.54, 1.807) is 6.08 Å². The Balaban J connectivity index is 1.85. The van der Waals surface area contributed by atoms with Crippen molar-refractivity contribution in [3.05, 3.63) is 12.7 Å². The van der Waals surface area contributed by atoms with Crippen molar-refractivity contribution in [1.29, 1.82) is 0 Å². The first-order valence-electron chi connectivity index (χ1n) is 6.58. The first kappa shape index (κ1) is 12.6. The van der Waals surface area contributed by atoms with E-state index in [-0.39, 0.29) is 11.9 Å². The molecule has 2 fully saturated rings. The molecule has 0 spiro atoms. The number of fused-ring (bicyclic) bond motifs is 1. The number of likely N-dealkylation sites (tertiary alicyclic amines) is 1. The van der Waals surface area contributed by atoms with Gasteiger partial charge in [0.25, 0.3) is 0 Å². The summed E-state index contributed by atoms with van der Waals surface area (Å²) in [7, 11) is 0. The first-order valence-corrected chi connectivity index (χ1v) is 6.58. The first-order chi connectivity index (χ1) is 8.22. The van der Waals surface area contributed by atoms with Crippen molar-refractivity contribution in [2.75, 3.05) is 26.2 Å². The van der Waals surface area contributed by atoms with Crippen LogP contribution in [0.25, 0.3) is 0 Å². The van der Waals surface area contributed by atoms with Gasteiger partial charge in [0.15, 0.2) is 0 Å². The van der Waals surface area contributed by atoms with E-state index >= 15 is 0 Å². The number of piperidine rings is 1. The number of amides is 1. The van der Waals surface area contributed by atoms with Crippen LogP contribution in [0.5, 0.6) is 0 Å². The molecule has 17 heavy (non-hydrogen) atoms. The van der Waals surface area contributed by atoms with Gasteiger partial charge in [-0.3, -0.25) is 9.69 Å². The molecule has 0 aliphatic carbocycles. The van der Waals surface area contributed by atoms with Gasteiger partial charge in [0.2, 0.25) is 5.91 Å². The van der Waals surface area contributed by atoms with Crippen LogP contribution in [-0.4, -0.2) is 49.1 Å². The van der Waals surface area contributed by atoms with Gasteiger partial charge in [-0.2, -0.15) is 0 Å². The molecule has 96 valence electrons. The fourth-order valence-corrected chi connectivity index (χ4v) is 2.91. The second-order valence-corrected chi connectivity index (χ2v) is 5.10. The van der Waals surface area contributed by atoms with Gasteiger partial charge in [-0.05, 0) is 32.2 Å². The van der Waals surface area contributed by atoms with Crippen molar-refractivity contribution in [2.45, 2.75) is 31.8 Å². The van der Waals surface area contributed by atoms with Gasteiger partial charge in [0.1, 0.15) is 0 Å². The van der Waals surface area contributed by atoms with Gasteiger partial charge >= 0.3 is 0 Å². The largest absolute Gasteiger partial charge is 0.351 e. The van der Waals surface area contributed by atoms with Crippen LogP contribution in [0.3, 0.4) is 0 Å². The maximum absolute atomic E-state index is 11.9. The van der Waals surface area contributed by atoms with Crippen molar-refractivity contribution in [1.82, 2.24) is 15.5 Å². The van der Waals surface area contributed by atoms with E-state index in [1.165, 1.54) is 12.8 Å². The number of rotatable bonds is 4. The van der Waals surface area contributed by atoms with E-state index in [4.69, 9.17) is 0 Å². The minimum Gasteiger partial charge on any atom is -0.351 e. The smallest absolute Gasteiger partial charge is 0.237 e. The molecular weight excluding hydrogens is 214 g/mol. The van der Waals surface area contributed by atoms with Gasteiger partial charge in [0.05, 0.1) is 6.04 Å². The van der Waals surface area contributed by atoms with Crippen LogP contribution in [0.2, 0.25) is 0 Å². The molecule has 3 atom stereocenters. The van der Waals surface area contributed by atoms with Crippen molar-refractivity contribution < 1.29 is 4.79 Å². The Labute approximate surface area is 103 Å². The highest BCUT2D eigenvalue weighted by Gasteiger charge is 2.35. The number of hydrogen-bond acceptors (Lipinski definition) is 3. The molecule has 4 nitrogen and oxygen atoms in total. The zero-order chi connectivity index (χ0) is 12.3. The Morgan fingerprint density at radius 1 is 1.65 bits per heavy atom. The van der Waals surface area contributed by atoms with E-state index in [9.17, 15) is 4.79 Å². The SMILES string of the molecule is C=CCNC(=O)C(C)N1CCC2NCCC2C1. The summed E-state index contributed by atoms with van der Waals surface area (Å²) in [4.78, 5) is 14.2. The lowest BCUT2D eigenvalue weighted by Gasteiger charge is -2.37. The average molecular weight is 237 g/mol. The summed E-state index contributed by atoms with van der Waals surface area (Å²) in [5.41, 5.74) is 0. The molecule has 3 unspecified atom stereocenters. The molecule has 0 aromatic rings. The molecule has 0 saturated carbocycles. The van der Waals surface area contributed by atoms with E-state index in [1.807, 2.05) is 6.92 Å². The molecule has 1 amide bonds. The van der Waals surface area contributed by atoms with Crippen LogP contribution in [0, 0.1) is 5.92 Å². The second-order valence-electron chi connectivity index (χ2n) is 5.10. The van der Waals surface area contributed by atoms with Crippen LogP contribution in [0.4, 0.5) is 0 Å². The zero-order valence-electron chi connectivity index (χ0n) is 10.6. The minimum atomic E-state index is -0.0171. The molecular formula is C13H23N3O.